The van der Waals surface area contributed by atoms with Crippen molar-refractivity contribution in [3.05, 3.63) is 0 Å². The highest BCUT2D eigenvalue weighted by molar-refractivity contribution is 8.00. The molecular formula is C11H17NO3S. The summed E-state index contributed by atoms with van der Waals surface area (Å²) in [5.74, 6) is 0.990. The normalized spacial score (nSPS) is 31.9. The molecule has 1 saturated heterocycles. The second-order valence-electron chi connectivity index (χ2n) is 4.58. The predicted molar refractivity (Wildman–Crippen MR) is 62.0 cm³/mol. The standard InChI is InChI=1S/C11H17NO3S/c13-9-3-1-2-8(4-9)5-12-10(14)6-16-7-11(12)15/h8-9,13H,1-7H2. The minimum atomic E-state index is -0.247. The molecule has 0 bridgehead atoms. The highest BCUT2D eigenvalue weighted by Gasteiger charge is 2.30. The van der Waals surface area contributed by atoms with E-state index in [1.54, 1.807) is 0 Å². The third-order valence-electron chi connectivity index (χ3n) is 3.25. The minimum absolute atomic E-state index is 0.0682. The molecule has 5 heteroatoms. The van der Waals surface area contributed by atoms with Crippen LogP contribution in [0.15, 0.2) is 0 Å². The summed E-state index contributed by atoms with van der Waals surface area (Å²) >= 11 is 1.39. The number of amides is 2. The van der Waals surface area contributed by atoms with Crippen LogP contribution in [0.25, 0.3) is 0 Å². The van der Waals surface area contributed by atoms with Crippen molar-refractivity contribution in [1.82, 2.24) is 4.90 Å². The van der Waals surface area contributed by atoms with Crippen LogP contribution in [0.2, 0.25) is 0 Å². The van der Waals surface area contributed by atoms with Crippen molar-refractivity contribution in [2.45, 2.75) is 31.8 Å². The van der Waals surface area contributed by atoms with Gasteiger partial charge in [0.05, 0.1) is 17.6 Å². The van der Waals surface area contributed by atoms with Crippen LogP contribution in [0.1, 0.15) is 25.7 Å². The van der Waals surface area contributed by atoms with Crippen LogP contribution in [0.5, 0.6) is 0 Å². The number of aliphatic hydroxyl groups excluding tert-OH is 1. The van der Waals surface area contributed by atoms with Crippen molar-refractivity contribution < 1.29 is 14.7 Å². The maximum atomic E-state index is 11.6. The number of imide groups is 1. The molecule has 2 fully saturated rings. The molecule has 0 radical (unpaired) electrons. The molecule has 2 aliphatic rings. The number of thioether (sulfide) groups is 1. The summed E-state index contributed by atoms with van der Waals surface area (Å²) in [6.07, 6.45) is 3.35. The van der Waals surface area contributed by atoms with Gasteiger partial charge in [0.15, 0.2) is 0 Å². The van der Waals surface area contributed by atoms with Gasteiger partial charge in [0.25, 0.3) is 0 Å². The summed E-state index contributed by atoms with van der Waals surface area (Å²) in [6.45, 7) is 0.509. The van der Waals surface area contributed by atoms with Gasteiger partial charge in [-0.05, 0) is 25.2 Å². The summed E-state index contributed by atoms with van der Waals surface area (Å²) in [4.78, 5) is 24.6. The van der Waals surface area contributed by atoms with Crippen molar-refractivity contribution in [2.24, 2.45) is 5.92 Å². The van der Waals surface area contributed by atoms with Crippen LogP contribution < -0.4 is 0 Å². The van der Waals surface area contributed by atoms with Gasteiger partial charge in [0.2, 0.25) is 11.8 Å². The molecular weight excluding hydrogens is 226 g/mol. The third kappa shape index (κ3) is 2.77. The molecule has 0 aromatic rings. The minimum Gasteiger partial charge on any atom is -0.393 e. The molecule has 2 unspecified atom stereocenters. The number of nitrogens with zero attached hydrogens (tertiary/aromatic N) is 1. The van der Waals surface area contributed by atoms with Crippen molar-refractivity contribution in [1.29, 1.82) is 0 Å². The van der Waals surface area contributed by atoms with Gasteiger partial charge in [-0.25, -0.2) is 0 Å². The number of rotatable bonds is 2. The summed E-state index contributed by atoms with van der Waals surface area (Å²) < 4.78 is 0. The van der Waals surface area contributed by atoms with Gasteiger partial charge in [-0.1, -0.05) is 6.42 Å². The van der Waals surface area contributed by atoms with Gasteiger partial charge in [-0.2, -0.15) is 0 Å². The van der Waals surface area contributed by atoms with Crippen molar-refractivity contribution >= 4 is 23.6 Å². The Bertz CT molecular complexity index is 279. The molecule has 0 spiro atoms. The maximum Gasteiger partial charge on any atom is 0.239 e. The van der Waals surface area contributed by atoms with E-state index in [2.05, 4.69) is 0 Å². The van der Waals surface area contributed by atoms with Crippen LogP contribution in [0.3, 0.4) is 0 Å². The summed E-state index contributed by atoms with van der Waals surface area (Å²) in [5.41, 5.74) is 0. The Hall–Kier alpha value is -0.550. The number of carbonyl (C=O) groups excluding carboxylic acids is 2. The largest absolute Gasteiger partial charge is 0.393 e. The molecule has 2 amide bonds. The second kappa shape index (κ2) is 5.19. The first kappa shape index (κ1) is 11.9. The lowest BCUT2D eigenvalue weighted by atomic mass is 9.87. The van der Waals surface area contributed by atoms with Crippen LogP contribution >= 0.6 is 11.8 Å². The van der Waals surface area contributed by atoms with E-state index in [-0.39, 0.29) is 17.9 Å². The van der Waals surface area contributed by atoms with Crippen LogP contribution in [0, 0.1) is 5.92 Å². The molecule has 1 N–H and O–H groups in total. The van der Waals surface area contributed by atoms with Gasteiger partial charge < -0.3 is 5.11 Å². The van der Waals surface area contributed by atoms with Crippen LogP contribution in [-0.2, 0) is 9.59 Å². The van der Waals surface area contributed by atoms with E-state index in [9.17, 15) is 14.7 Å². The molecule has 1 heterocycles. The molecule has 0 aromatic carbocycles. The summed E-state index contributed by atoms with van der Waals surface area (Å²) in [5, 5.41) is 9.55. The SMILES string of the molecule is O=C1CSCC(=O)N1CC1CCCC(O)C1. The lowest BCUT2D eigenvalue weighted by Gasteiger charge is -2.32. The van der Waals surface area contributed by atoms with E-state index in [0.717, 1.165) is 25.7 Å². The monoisotopic (exact) mass is 243 g/mol. The van der Waals surface area contributed by atoms with Gasteiger partial charge in [0.1, 0.15) is 0 Å². The molecule has 1 saturated carbocycles. The lowest BCUT2D eigenvalue weighted by Crippen LogP contribution is -2.46. The number of hydrogen-bond acceptors (Lipinski definition) is 4. The highest BCUT2D eigenvalue weighted by atomic mass is 32.2. The Morgan fingerprint density at radius 1 is 1.25 bits per heavy atom. The Labute approximate surface area is 99.4 Å². The zero-order chi connectivity index (χ0) is 11.5. The first-order chi connectivity index (χ1) is 7.66. The smallest absolute Gasteiger partial charge is 0.239 e. The first-order valence-electron chi connectivity index (χ1n) is 5.76. The van der Waals surface area contributed by atoms with E-state index in [1.165, 1.54) is 16.7 Å². The maximum absolute atomic E-state index is 11.6. The average molecular weight is 243 g/mol. The summed E-state index contributed by atoms with van der Waals surface area (Å²) in [7, 11) is 0. The Kier molecular flexibility index (Phi) is 3.86. The first-order valence-corrected chi connectivity index (χ1v) is 6.91. The molecule has 2 rings (SSSR count). The van der Waals surface area contributed by atoms with Crippen LogP contribution in [0.4, 0.5) is 0 Å². The lowest BCUT2D eigenvalue weighted by molar-refractivity contribution is -0.143. The number of hydrogen-bond donors (Lipinski definition) is 1. The molecule has 1 aliphatic carbocycles. The molecule has 16 heavy (non-hydrogen) atoms. The van der Waals surface area contributed by atoms with E-state index in [4.69, 9.17) is 0 Å². The van der Waals surface area contributed by atoms with Gasteiger partial charge in [-0.3, -0.25) is 14.5 Å². The highest BCUT2D eigenvalue weighted by Crippen LogP contribution is 2.26. The molecule has 0 aromatic heterocycles. The van der Waals surface area contributed by atoms with E-state index >= 15 is 0 Å². The Balaban J connectivity index is 1.91. The van der Waals surface area contributed by atoms with E-state index in [0.29, 0.717) is 24.0 Å². The average Bonchev–Trinajstić information content (AvgIpc) is 2.24. The van der Waals surface area contributed by atoms with Crippen molar-refractivity contribution in [3.63, 3.8) is 0 Å². The molecule has 4 nitrogen and oxygen atoms in total. The summed E-state index contributed by atoms with van der Waals surface area (Å²) in [6, 6.07) is 0. The zero-order valence-electron chi connectivity index (χ0n) is 9.22. The fourth-order valence-electron chi connectivity index (χ4n) is 2.41. The van der Waals surface area contributed by atoms with Crippen molar-refractivity contribution in [3.8, 4) is 0 Å². The van der Waals surface area contributed by atoms with Crippen molar-refractivity contribution in [2.75, 3.05) is 18.1 Å². The Morgan fingerprint density at radius 3 is 2.56 bits per heavy atom. The zero-order valence-corrected chi connectivity index (χ0v) is 10.0. The molecule has 2 atom stereocenters. The number of aliphatic hydroxyl groups is 1. The fraction of sp³-hybridized carbons (Fsp3) is 0.818. The van der Waals surface area contributed by atoms with E-state index < -0.39 is 0 Å². The predicted octanol–water partition coefficient (Wildman–Crippen LogP) is 0.639. The van der Waals surface area contributed by atoms with Gasteiger partial charge >= 0.3 is 0 Å². The number of carbonyl (C=O) groups is 2. The van der Waals surface area contributed by atoms with Gasteiger partial charge in [0, 0.05) is 6.54 Å². The Morgan fingerprint density at radius 2 is 1.94 bits per heavy atom. The fourth-order valence-corrected chi connectivity index (χ4v) is 3.17. The van der Waals surface area contributed by atoms with Gasteiger partial charge in [-0.15, -0.1) is 11.8 Å². The van der Waals surface area contributed by atoms with E-state index in [1.807, 2.05) is 0 Å². The van der Waals surface area contributed by atoms with Crippen LogP contribution in [-0.4, -0.2) is 46.0 Å². The second-order valence-corrected chi connectivity index (χ2v) is 5.56. The quantitative estimate of drug-likeness (QED) is 0.723. The topological polar surface area (TPSA) is 57.6 Å². The third-order valence-corrected chi connectivity index (χ3v) is 4.15. The molecule has 90 valence electrons. The molecule has 1 aliphatic heterocycles.